The van der Waals surface area contributed by atoms with Crippen molar-refractivity contribution in [3.8, 4) is 0 Å². The fourth-order valence-corrected chi connectivity index (χ4v) is 4.73. The van der Waals surface area contributed by atoms with Crippen molar-refractivity contribution in [2.24, 2.45) is 0 Å². The molecule has 0 spiro atoms. The second-order valence-electron chi connectivity index (χ2n) is 9.54. The molecule has 4 aromatic rings. The number of nitrogens with one attached hydrogen (secondary N) is 2. The molecule has 0 radical (unpaired) electrons. The molecule has 2 amide bonds. The Morgan fingerprint density at radius 2 is 1.81 bits per heavy atom. The van der Waals surface area contributed by atoms with Crippen LogP contribution < -0.4 is 15.5 Å². The Morgan fingerprint density at radius 3 is 2.57 bits per heavy atom. The maximum absolute atomic E-state index is 14.5. The van der Waals surface area contributed by atoms with E-state index in [0.717, 1.165) is 44.5 Å². The maximum atomic E-state index is 14.5. The van der Waals surface area contributed by atoms with Crippen LogP contribution in [0.3, 0.4) is 0 Å². The lowest BCUT2D eigenvalue weighted by Gasteiger charge is -2.34. The Bertz CT molecular complexity index is 1510. The second kappa shape index (κ2) is 9.30. The summed E-state index contributed by atoms with van der Waals surface area (Å²) >= 11 is 0. The highest BCUT2D eigenvalue weighted by Crippen LogP contribution is 2.30. The van der Waals surface area contributed by atoms with Crippen LogP contribution in [0.1, 0.15) is 41.7 Å². The van der Waals surface area contributed by atoms with E-state index in [0.29, 0.717) is 28.0 Å². The van der Waals surface area contributed by atoms with Crippen molar-refractivity contribution in [1.29, 1.82) is 0 Å². The fraction of sp³-hybridized carbons (Fsp3) is 0.346. The smallest absolute Gasteiger partial charge is 0.407 e. The maximum Gasteiger partial charge on any atom is 0.407 e. The molecule has 37 heavy (non-hydrogen) atoms. The molecule has 190 valence electrons. The summed E-state index contributed by atoms with van der Waals surface area (Å²) in [5, 5.41) is 5.73. The Morgan fingerprint density at radius 1 is 1.05 bits per heavy atom. The molecule has 2 N–H and O–H groups in total. The van der Waals surface area contributed by atoms with E-state index in [-0.39, 0.29) is 23.9 Å². The van der Waals surface area contributed by atoms with Crippen LogP contribution in [0.25, 0.3) is 16.7 Å². The third-order valence-corrected chi connectivity index (χ3v) is 6.69. The molecule has 1 aliphatic carbocycles. The summed E-state index contributed by atoms with van der Waals surface area (Å²) in [5.74, 6) is -0.936. The van der Waals surface area contributed by atoms with Crippen molar-refractivity contribution in [2.45, 2.75) is 44.8 Å². The molecule has 0 unspecified atom stereocenters. The molecule has 3 aromatic heterocycles. The zero-order valence-electron chi connectivity index (χ0n) is 20.3. The number of ether oxygens (including phenoxy) is 1. The Hall–Kier alpha value is -4.28. The highest BCUT2D eigenvalue weighted by molar-refractivity contribution is 6.13. The van der Waals surface area contributed by atoms with Gasteiger partial charge in [-0.1, -0.05) is 0 Å². The van der Waals surface area contributed by atoms with E-state index in [1.54, 1.807) is 42.2 Å². The molecular formula is C26H26FN7O3. The number of anilines is 2. The van der Waals surface area contributed by atoms with Crippen molar-refractivity contribution in [3.63, 3.8) is 0 Å². The van der Waals surface area contributed by atoms with Gasteiger partial charge in [-0.3, -0.25) is 14.8 Å². The minimum atomic E-state index is -0.524. The number of amides is 2. The van der Waals surface area contributed by atoms with Crippen LogP contribution in [0.4, 0.5) is 20.6 Å². The number of halogens is 1. The number of aromatic nitrogens is 4. The van der Waals surface area contributed by atoms with Gasteiger partial charge in [0.1, 0.15) is 17.1 Å². The third-order valence-electron chi connectivity index (χ3n) is 6.69. The number of imidazole rings is 1. The molecule has 1 saturated heterocycles. The summed E-state index contributed by atoms with van der Waals surface area (Å²) in [5.41, 5.74) is 3.48. The summed E-state index contributed by atoms with van der Waals surface area (Å²) < 4.78 is 21.3. The van der Waals surface area contributed by atoms with Gasteiger partial charge in [0.2, 0.25) is 0 Å². The van der Waals surface area contributed by atoms with Gasteiger partial charge in [-0.15, -0.1) is 0 Å². The van der Waals surface area contributed by atoms with Gasteiger partial charge in [-0.2, -0.15) is 0 Å². The molecule has 11 heteroatoms. The van der Waals surface area contributed by atoms with Gasteiger partial charge in [-0.25, -0.2) is 14.2 Å². The standard InChI is InChI=1S/C26H26FN7O3/c1-15-13-34-14-17(12-20(27)24(34)30-15)31-25(35)19-4-5-21(23-22(19)28-8-9-29-23)33-10-6-16(7-11-33)32-26(36)37-18-2-3-18/h4-5,8-9,12-14,16,18H,2-3,6-7,10-11H2,1H3,(H,31,35)(H,32,36). The predicted octanol–water partition coefficient (Wildman–Crippen LogP) is 3.83. The topological polar surface area (TPSA) is 114 Å². The number of pyridine rings is 1. The summed E-state index contributed by atoms with van der Waals surface area (Å²) in [6, 6.07) is 4.89. The number of carbonyl (C=O) groups excluding carboxylic acids is 2. The lowest BCUT2D eigenvalue weighted by Crippen LogP contribution is -2.45. The number of alkyl carbamates (subject to hydrolysis) is 1. The first kappa shape index (κ1) is 23.1. The van der Waals surface area contributed by atoms with E-state index in [1.165, 1.54) is 6.07 Å². The molecule has 2 fully saturated rings. The molecule has 10 nitrogen and oxygen atoms in total. The van der Waals surface area contributed by atoms with Gasteiger partial charge < -0.3 is 24.7 Å². The zero-order chi connectivity index (χ0) is 25.5. The molecule has 0 bridgehead atoms. The molecule has 2 aliphatic rings. The van der Waals surface area contributed by atoms with Gasteiger partial charge in [0.25, 0.3) is 5.91 Å². The average molecular weight is 504 g/mol. The minimum absolute atomic E-state index is 0.0573. The quantitative estimate of drug-likeness (QED) is 0.425. The predicted molar refractivity (Wildman–Crippen MR) is 135 cm³/mol. The Labute approximate surface area is 211 Å². The number of aryl methyl sites for hydroxylation is 1. The first-order valence-electron chi connectivity index (χ1n) is 12.4. The summed E-state index contributed by atoms with van der Waals surface area (Å²) in [6.45, 7) is 3.21. The lowest BCUT2D eigenvalue weighted by atomic mass is 10.0. The number of nitrogens with zero attached hydrogens (tertiary/aromatic N) is 5. The second-order valence-corrected chi connectivity index (χ2v) is 9.54. The van der Waals surface area contributed by atoms with Crippen LogP contribution >= 0.6 is 0 Å². The summed E-state index contributed by atoms with van der Waals surface area (Å²) in [6.07, 6.45) is 9.64. The molecule has 1 aromatic carbocycles. The lowest BCUT2D eigenvalue weighted by molar-refractivity contribution is 0.102. The van der Waals surface area contributed by atoms with Crippen molar-refractivity contribution in [2.75, 3.05) is 23.3 Å². The molecule has 4 heterocycles. The van der Waals surface area contributed by atoms with Crippen LogP contribution in [-0.2, 0) is 4.74 Å². The summed E-state index contributed by atoms with van der Waals surface area (Å²) in [4.78, 5) is 40.5. The number of piperidine rings is 1. The van der Waals surface area contributed by atoms with Crippen LogP contribution in [0, 0.1) is 12.7 Å². The number of fused-ring (bicyclic) bond motifs is 2. The zero-order valence-corrected chi connectivity index (χ0v) is 20.3. The Kier molecular flexibility index (Phi) is 5.82. The number of hydrogen-bond acceptors (Lipinski definition) is 7. The molecule has 1 aliphatic heterocycles. The highest BCUT2D eigenvalue weighted by Gasteiger charge is 2.28. The van der Waals surface area contributed by atoms with E-state index >= 15 is 0 Å². The monoisotopic (exact) mass is 503 g/mol. The van der Waals surface area contributed by atoms with Crippen molar-refractivity contribution in [3.05, 3.63) is 60.1 Å². The SMILES string of the molecule is Cc1cn2cc(NC(=O)c3ccc(N4CCC(NC(=O)OC5CC5)CC4)c4nccnc34)cc(F)c2n1. The number of hydrogen-bond donors (Lipinski definition) is 2. The highest BCUT2D eigenvalue weighted by atomic mass is 19.1. The molecule has 6 rings (SSSR count). The Balaban J connectivity index is 1.20. The van der Waals surface area contributed by atoms with E-state index in [2.05, 4.69) is 30.5 Å². The van der Waals surface area contributed by atoms with Crippen molar-refractivity contribution in [1.82, 2.24) is 24.7 Å². The fourth-order valence-electron chi connectivity index (χ4n) is 4.73. The van der Waals surface area contributed by atoms with Gasteiger partial charge in [0.05, 0.1) is 22.6 Å². The summed E-state index contributed by atoms with van der Waals surface area (Å²) in [7, 11) is 0. The van der Waals surface area contributed by atoms with Crippen LogP contribution in [0.2, 0.25) is 0 Å². The van der Waals surface area contributed by atoms with Crippen molar-refractivity contribution >= 4 is 40.1 Å². The first-order valence-corrected chi connectivity index (χ1v) is 12.4. The molecule has 1 saturated carbocycles. The van der Waals surface area contributed by atoms with Crippen molar-refractivity contribution < 1.29 is 18.7 Å². The molecule has 0 atom stereocenters. The van der Waals surface area contributed by atoms with E-state index < -0.39 is 11.7 Å². The van der Waals surface area contributed by atoms with Gasteiger partial charge in [0.15, 0.2) is 11.5 Å². The van der Waals surface area contributed by atoms with E-state index in [4.69, 9.17) is 4.74 Å². The van der Waals surface area contributed by atoms with Gasteiger partial charge >= 0.3 is 6.09 Å². The minimum Gasteiger partial charge on any atom is -0.446 e. The third kappa shape index (κ3) is 4.76. The largest absolute Gasteiger partial charge is 0.446 e. The average Bonchev–Trinajstić information content (AvgIpc) is 3.61. The number of rotatable bonds is 5. The number of carbonyl (C=O) groups is 2. The van der Waals surface area contributed by atoms with Gasteiger partial charge in [0, 0.05) is 50.0 Å². The van der Waals surface area contributed by atoms with Crippen LogP contribution in [0.5, 0.6) is 0 Å². The van der Waals surface area contributed by atoms with E-state index in [9.17, 15) is 14.0 Å². The van der Waals surface area contributed by atoms with Crippen LogP contribution in [0.15, 0.2) is 43.0 Å². The van der Waals surface area contributed by atoms with E-state index in [1.807, 2.05) is 6.07 Å². The first-order chi connectivity index (χ1) is 17.9. The number of benzene rings is 1. The normalized spacial score (nSPS) is 16.2. The molecular weight excluding hydrogens is 477 g/mol. The van der Waals surface area contributed by atoms with Crippen LogP contribution in [-0.4, -0.2) is 56.6 Å². The van der Waals surface area contributed by atoms with Gasteiger partial charge in [-0.05, 0) is 44.7 Å².